The van der Waals surface area contributed by atoms with Crippen molar-refractivity contribution < 1.29 is 9.53 Å². The molecule has 1 heterocycles. The number of epoxide rings is 1. The maximum absolute atomic E-state index is 11.7. The molecule has 0 aromatic rings. The third kappa shape index (κ3) is 4.32. The SMILES string of the molecule is NC(=O)C1CCCCCCC(NC2OC2I)CC2CC1C2. The van der Waals surface area contributed by atoms with Crippen LogP contribution >= 0.6 is 22.6 Å². The van der Waals surface area contributed by atoms with Crippen LogP contribution in [0.1, 0.15) is 57.8 Å². The second-order valence-electron chi connectivity index (χ2n) is 7.11. The van der Waals surface area contributed by atoms with Crippen LogP contribution < -0.4 is 11.1 Å². The van der Waals surface area contributed by atoms with E-state index in [1.165, 1.54) is 44.9 Å². The van der Waals surface area contributed by atoms with Gasteiger partial charge in [-0.05, 0) is 66.5 Å². The molecule has 4 aliphatic rings. The zero-order chi connectivity index (χ0) is 14.8. The van der Waals surface area contributed by atoms with Crippen LogP contribution in [0.25, 0.3) is 0 Å². The van der Waals surface area contributed by atoms with Gasteiger partial charge in [0.1, 0.15) is 10.3 Å². The van der Waals surface area contributed by atoms with E-state index in [0.717, 1.165) is 18.8 Å². The molecule has 5 heteroatoms. The van der Waals surface area contributed by atoms with Gasteiger partial charge >= 0.3 is 0 Å². The Morgan fingerprint density at radius 1 is 1.10 bits per heavy atom. The quantitative estimate of drug-likeness (QED) is 0.430. The van der Waals surface area contributed by atoms with Crippen molar-refractivity contribution in [3.8, 4) is 0 Å². The summed E-state index contributed by atoms with van der Waals surface area (Å²) >= 11 is 2.34. The van der Waals surface area contributed by atoms with E-state index in [1.807, 2.05) is 0 Å². The molecular formula is C16H27IN2O2. The van der Waals surface area contributed by atoms with Crippen LogP contribution in [0.5, 0.6) is 0 Å². The molecule has 2 bridgehead atoms. The first kappa shape index (κ1) is 16.0. The average molecular weight is 406 g/mol. The first-order valence-electron chi connectivity index (χ1n) is 8.48. The van der Waals surface area contributed by atoms with Crippen molar-refractivity contribution in [3.05, 3.63) is 0 Å². The van der Waals surface area contributed by atoms with Gasteiger partial charge in [0.2, 0.25) is 5.91 Å². The minimum atomic E-state index is -0.0654. The lowest BCUT2D eigenvalue weighted by atomic mass is 9.65. The lowest BCUT2D eigenvalue weighted by molar-refractivity contribution is -0.125. The molecule has 0 aromatic carbocycles. The Hall–Kier alpha value is 0.120. The van der Waals surface area contributed by atoms with Gasteiger partial charge in [-0.25, -0.2) is 0 Å². The highest BCUT2D eigenvalue weighted by molar-refractivity contribution is 14.1. The predicted molar refractivity (Wildman–Crippen MR) is 90.8 cm³/mol. The molecule has 120 valence electrons. The van der Waals surface area contributed by atoms with Crippen molar-refractivity contribution in [2.24, 2.45) is 23.5 Å². The third-order valence-corrected chi connectivity index (χ3v) is 6.43. The third-order valence-electron chi connectivity index (χ3n) is 5.48. The molecule has 21 heavy (non-hydrogen) atoms. The van der Waals surface area contributed by atoms with Gasteiger partial charge in [0.25, 0.3) is 0 Å². The maximum atomic E-state index is 11.7. The van der Waals surface area contributed by atoms with E-state index >= 15 is 0 Å². The Balaban J connectivity index is 1.54. The molecule has 3 aliphatic carbocycles. The van der Waals surface area contributed by atoms with Gasteiger partial charge in [-0.2, -0.15) is 0 Å². The summed E-state index contributed by atoms with van der Waals surface area (Å²) in [5.41, 5.74) is 5.61. The molecule has 0 spiro atoms. The zero-order valence-electron chi connectivity index (χ0n) is 12.6. The summed E-state index contributed by atoms with van der Waals surface area (Å²) in [5.74, 6) is 1.41. The normalized spacial score (nSPS) is 44.0. The van der Waals surface area contributed by atoms with Crippen molar-refractivity contribution in [1.29, 1.82) is 0 Å². The molecule has 3 saturated carbocycles. The molecule has 0 radical (unpaired) electrons. The van der Waals surface area contributed by atoms with Crippen molar-refractivity contribution in [1.82, 2.24) is 5.32 Å². The molecule has 4 atom stereocenters. The fourth-order valence-electron chi connectivity index (χ4n) is 4.14. The van der Waals surface area contributed by atoms with Gasteiger partial charge in [-0.1, -0.05) is 25.7 Å². The number of fused-ring (bicyclic) bond motifs is 8. The van der Waals surface area contributed by atoms with Crippen LogP contribution in [0.2, 0.25) is 0 Å². The van der Waals surface area contributed by atoms with Crippen LogP contribution in [0.15, 0.2) is 0 Å². The molecule has 1 amide bonds. The number of amides is 1. The number of nitrogens with two attached hydrogens (primary N) is 1. The minimum Gasteiger partial charge on any atom is -0.369 e. The smallest absolute Gasteiger partial charge is 0.220 e. The van der Waals surface area contributed by atoms with E-state index in [-0.39, 0.29) is 18.1 Å². The molecule has 4 nitrogen and oxygen atoms in total. The highest BCUT2D eigenvalue weighted by atomic mass is 127. The van der Waals surface area contributed by atoms with E-state index < -0.39 is 0 Å². The Morgan fingerprint density at radius 3 is 2.38 bits per heavy atom. The summed E-state index contributed by atoms with van der Waals surface area (Å²) < 4.78 is 5.86. The van der Waals surface area contributed by atoms with Gasteiger partial charge in [-0.15, -0.1) is 0 Å². The predicted octanol–water partition coefficient (Wildman–Crippen LogP) is 2.93. The van der Waals surface area contributed by atoms with Gasteiger partial charge in [-0.3, -0.25) is 10.1 Å². The van der Waals surface area contributed by atoms with Crippen molar-refractivity contribution in [3.63, 3.8) is 0 Å². The van der Waals surface area contributed by atoms with Gasteiger partial charge < -0.3 is 10.5 Å². The van der Waals surface area contributed by atoms with Crippen LogP contribution in [0.3, 0.4) is 0 Å². The molecular weight excluding hydrogens is 379 g/mol. The van der Waals surface area contributed by atoms with Crippen LogP contribution in [0, 0.1) is 17.8 Å². The summed E-state index contributed by atoms with van der Waals surface area (Å²) in [6, 6.07) is 0.590. The molecule has 1 aliphatic heterocycles. The van der Waals surface area contributed by atoms with Crippen molar-refractivity contribution in [2.45, 2.75) is 74.2 Å². The molecule has 4 unspecified atom stereocenters. The molecule has 4 fully saturated rings. The number of nitrogens with one attached hydrogen (secondary N) is 1. The summed E-state index contributed by atoms with van der Waals surface area (Å²) in [4.78, 5) is 11.7. The van der Waals surface area contributed by atoms with Crippen molar-refractivity contribution in [2.75, 3.05) is 0 Å². The van der Waals surface area contributed by atoms with E-state index in [2.05, 4.69) is 27.9 Å². The monoisotopic (exact) mass is 406 g/mol. The number of carbonyl (C=O) groups is 1. The van der Waals surface area contributed by atoms with Crippen molar-refractivity contribution >= 4 is 28.5 Å². The fraction of sp³-hybridized carbons (Fsp3) is 0.938. The number of rotatable bonds is 3. The number of ether oxygens (including phenoxy) is 1. The number of halogens is 1. The topological polar surface area (TPSA) is 67.7 Å². The second kappa shape index (κ2) is 7.13. The van der Waals surface area contributed by atoms with Gasteiger partial charge in [0.05, 0.1) is 0 Å². The van der Waals surface area contributed by atoms with Crippen LogP contribution in [-0.2, 0) is 9.53 Å². The lowest BCUT2D eigenvalue weighted by Gasteiger charge is -2.41. The van der Waals surface area contributed by atoms with Gasteiger partial charge in [0, 0.05) is 12.0 Å². The minimum absolute atomic E-state index is 0.0654. The number of carbonyl (C=O) groups excluding carboxylic acids is 1. The zero-order valence-corrected chi connectivity index (χ0v) is 14.8. The van der Waals surface area contributed by atoms with E-state index in [9.17, 15) is 4.79 Å². The number of hydrogen-bond donors (Lipinski definition) is 2. The van der Waals surface area contributed by atoms with E-state index in [0.29, 0.717) is 16.1 Å². The van der Waals surface area contributed by atoms with E-state index in [4.69, 9.17) is 10.5 Å². The first-order chi connectivity index (χ1) is 10.1. The Labute approximate surface area is 141 Å². The number of alkyl halides is 1. The van der Waals surface area contributed by atoms with Gasteiger partial charge in [0.15, 0.2) is 0 Å². The number of primary amides is 1. The largest absolute Gasteiger partial charge is 0.369 e. The lowest BCUT2D eigenvalue weighted by Crippen LogP contribution is -2.41. The first-order valence-corrected chi connectivity index (χ1v) is 9.73. The molecule has 1 saturated heterocycles. The molecule has 3 N–H and O–H groups in total. The highest BCUT2D eigenvalue weighted by Gasteiger charge is 2.41. The second-order valence-corrected chi connectivity index (χ2v) is 8.33. The maximum Gasteiger partial charge on any atom is 0.220 e. The average Bonchev–Trinajstić information content (AvgIpc) is 3.05. The Morgan fingerprint density at radius 2 is 1.76 bits per heavy atom. The van der Waals surface area contributed by atoms with E-state index in [1.54, 1.807) is 0 Å². The summed E-state index contributed by atoms with van der Waals surface area (Å²) in [6.07, 6.45) is 11.2. The standard InChI is InChI=1S/C16H27IN2O2/c17-14-16(21-14)19-12-5-3-1-2-4-6-13(15(18)20)11-7-10(8-11)9-12/h10-14,16,19H,1-9H2,(H2,18,20). The summed E-state index contributed by atoms with van der Waals surface area (Å²) in [5, 5.41) is 3.66. The Kier molecular flexibility index (Phi) is 5.43. The van der Waals surface area contributed by atoms with Crippen LogP contribution in [-0.4, -0.2) is 22.3 Å². The highest BCUT2D eigenvalue weighted by Crippen LogP contribution is 2.44. The van der Waals surface area contributed by atoms with Crippen LogP contribution in [0.4, 0.5) is 0 Å². The number of hydrogen-bond acceptors (Lipinski definition) is 3. The summed E-state index contributed by atoms with van der Waals surface area (Å²) in [7, 11) is 0. The Bertz CT molecular complexity index is 373. The summed E-state index contributed by atoms with van der Waals surface area (Å²) in [6.45, 7) is 0. The molecule has 0 aromatic heterocycles. The molecule has 4 rings (SSSR count). The fourth-order valence-corrected chi connectivity index (χ4v) is 4.66.